The smallest absolute Gasteiger partial charge is 0.254 e. The molecule has 0 spiro atoms. The average Bonchev–Trinajstić information content (AvgIpc) is 2.59. The zero-order valence-corrected chi connectivity index (χ0v) is 13.0. The third kappa shape index (κ3) is 3.57. The predicted octanol–water partition coefficient (Wildman–Crippen LogP) is 1.58. The van der Waals surface area contributed by atoms with Gasteiger partial charge < -0.3 is 20.7 Å². The molecular formula is C16H19N5O2. The van der Waals surface area contributed by atoms with Gasteiger partial charge in [-0.15, -0.1) is 0 Å². The molecule has 0 bridgehead atoms. The lowest BCUT2D eigenvalue weighted by Crippen LogP contribution is -2.40. The van der Waals surface area contributed by atoms with E-state index in [1.54, 1.807) is 23.2 Å². The molecule has 0 unspecified atom stereocenters. The molecule has 7 nitrogen and oxygen atoms in total. The summed E-state index contributed by atoms with van der Waals surface area (Å²) in [5.74, 6) is 0.901. The van der Waals surface area contributed by atoms with E-state index < -0.39 is 0 Å². The first-order chi connectivity index (χ1) is 11.1. The Morgan fingerprint density at radius 3 is 2.61 bits per heavy atom. The molecule has 120 valence electrons. The normalized spacial score (nSPS) is 14.6. The number of anilines is 3. The summed E-state index contributed by atoms with van der Waals surface area (Å²) in [5.41, 5.74) is 8.06. The monoisotopic (exact) mass is 313 g/mol. The van der Waals surface area contributed by atoms with Gasteiger partial charge in [0.15, 0.2) is 0 Å². The van der Waals surface area contributed by atoms with Gasteiger partial charge in [0.05, 0.1) is 13.2 Å². The molecule has 0 atom stereocenters. The molecule has 2 heterocycles. The standard InChI is InChI=1S/C16H19N5O2/c1-11-10-18-16(20-14(11)17)19-13-4-2-12(3-5-13)15(22)21-6-8-23-9-7-21/h2-5,10H,6-9H2,1H3,(H3,17,18,19,20). The number of morpholine rings is 1. The molecule has 23 heavy (non-hydrogen) atoms. The first-order valence-corrected chi connectivity index (χ1v) is 7.47. The third-order valence-electron chi connectivity index (χ3n) is 3.70. The summed E-state index contributed by atoms with van der Waals surface area (Å²) in [5, 5.41) is 3.07. The highest BCUT2D eigenvalue weighted by molar-refractivity contribution is 5.94. The van der Waals surface area contributed by atoms with Crippen molar-refractivity contribution >= 4 is 23.4 Å². The number of nitrogen functional groups attached to an aromatic ring is 1. The Bertz CT molecular complexity index is 696. The third-order valence-corrected chi connectivity index (χ3v) is 3.70. The van der Waals surface area contributed by atoms with Crippen LogP contribution in [-0.2, 0) is 4.74 Å². The van der Waals surface area contributed by atoms with E-state index in [2.05, 4.69) is 15.3 Å². The van der Waals surface area contributed by atoms with Crippen LogP contribution in [0.4, 0.5) is 17.5 Å². The molecule has 0 aliphatic carbocycles. The largest absolute Gasteiger partial charge is 0.383 e. The fourth-order valence-corrected chi connectivity index (χ4v) is 2.29. The molecule has 3 rings (SSSR count). The maximum absolute atomic E-state index is 12.4. The average molecular weight is 313 g/mol. The zero-order chi connectivity index (χ0) is 16.2. The predicted molar refractivity (Wildman–Crippen MR) is 87.6 cm³/mol. The SMILES string of the molecule is Cc1cnc(Nc2ccc(C(=O)N3CCOCC3)cc2)nc1N. The summed E-state index contributed by atoms with van der Waals surface area (Å²) in [6.45, 7) is 4.31. The number of nitrogens with two attached hydrogens (primary N) is 1. The van der Waals surface area contributed by atoms with Gasteiger partial charge in [-0.1, -0.05) is 0 Å². The molecule has 0 radical (unpaired) electrons. The van der Waals surface area contributed by atoms with Crippen molar-refractivity contribution in [3.05, 3.63) is 41.6 Å². The van der Waals surface area contributed by atoms with Gasteiger partial charge in [0.2, 0.25) is 5.95 Å². The Labute approximate surface area is 134 Å². The van der Waals surface area contributed by atoms with Crippen LogP contribution in [0.5, 0.6) is 0 Å². The molecule has 1 aromatic carbocycles. The Morgan fingerprint density at radius 1 is 1.26 bits per heavy atom. The van der Waals surface area contributed by atoms with Crippen LogP contribution in [0.2, 0.25) is 0 Å². The first kappa shape index (κ1) is 15.2. The van der Waals surface area contributed by atoms with Gasteiger partial charge >= 0.3 is 0 Å². The number of ether oxygens (including phenoxy) is 1. The van der Waals surface area contributed by atoms with E-state index in [1.165, 1.54) is 0 Å². The molecule has 1 amide bonds. The zero-order valence-electron chi connectivity index (χ0n) is 13.0. The van der Waals surface area contributed by atoms with Crippen molar-refractivity contribution in [1.29, 1.82) is 0 Å². The second-order valence-corrected chi connectivity index (χ2v) is 5.37. The van der Waals surface area contributed by atoms with E-state index in [0.29, 0.717) is 43.6 Å². The Kier molecular flexibility index (Phi) is 4.38. The van der Waals surface area contributed by atoms with Gasteiger partial charge in [0.1, 0.15) is 5.82 Å². The van der Waals surface area contributed by atoms with Crippen LogP contribution in [-0.4, -0.2) is 47.1 Å². The number of benzene rings is 1. The number of nitrogens with zero attached hydrogens (tertiary/aromatic N) is 3. The van der Waals surface area contributed by atoms with Crippen LogP contribution in [0.3, 0.4) is 0 Å². The molecule has 1 aliphatic rings. The molecule has 1 aromatic heterocycles. The van der Waals surface area contributed by atoms with E-state index in [-0.39, 0.29) is 5.91 Å². The van der Waals surface area contributed by atoms with Gasteiger partial charge in [0, 0.05) is 36.1 Å². The summed E-state index contributed by atoms with van der Waals surface area (Å²) < 4.78 is 5.26. The summed E-state index contributed by atoms with van der Waals surface area (Å²) in [4.78, 5) is 22.5. The van der Waals surface area contributed by atoms with E-state index in [1.807, 2.05) is 19.1 Å². The van der Waals surface area contributed by atoms with Gasteiger partial charge in [-0.05, 0) is 31.2 Å². The quantitative estimate of drug-likeness (QED) is 0.893. The van der Waals surface area contributed by atoms with E-state index in [4.69, 9.17) is 10.5 Å². The van der Waals surface area contributed by atoms with Crippen LogP contribution >= 0.6 is 0 Å². The second kappa shape index (κ2) is 6.62. The minimum atomic E-state index is 0.0238. The van der Waals surface area contributed by atoms with Crippen molar-refractivity contribution in [3.8, 4) is 0 Å². The number of nitrogens with one attached hydrogen (secondary N) is 1. The lowest BCUT2D eigenvalue weighted by Gasteiger charge is -2.26. The van der Waals surface area contributed by atoms with Crippen molar-refractivity contribution in [3.63, 3.8) is 0 Å². The van der Waals surface area contributed by atoms with Crippen LogP contribution in [0.15, 0.2) is 30.5 Å². The van der Waals surface area contributed by atoms with E-state index in [0.717, 1.165) is 11.3 Å². The minimum absolute atomic E-state index is 0.0238. The number of carbonyl (C=O) groups excluding carboxylic acids is 1. The molecule has 7 heteroatoms. The van der Waals surface area contributed by atoms with Crippen molar-refractivity contribution in [2.45, 2.75) is 6.92 Å². The fourth-order valence-electron chi connectivity index (χ4n) is 2.29. The Hall–Kier alpha value is -2.67. The lowest BCUT2D eigenvalue weighted by atomic mass is 10.1. The number of hydrogen-bond donors (Lipinski definition) is 2. The van der Waals surface area contributed by atoms with Gasteiger partial charge in [0.25, 0.3) is 5.91 Å². The maximum Gasteiger partial charge on any atom is 0.254 e. The van der Waals surface area contributed by atoms with Crippen molar-refractivity contribution < 1.29 is 9.53 Å². The molecular weight excluding hydrogens is 294 g/mol. The number of carbonyl (C=O) groups is 1. The van der Waals surface area contributed by atoms with Crippen molar-refractivity contribution in [2.24, 2.45) is 0 Å². The first-order valence-electron chi connectivity index (χ1n) is 7.47. The molecule has 1 saturated heterocycles. The van der Waals surface area contributed by atoms with Gasteiger partial charge in [-0.25, -0.2) is 4.98 Å². The minimum Gasteiger partial charge on any atom is -0.383 e. The molecule has 0 saturated carbocycles. The topological polar surface area (TPSA) is 93.4 Å². The Morgan fingerprint density at radius 2 is 1.96 bits per heavy atom. The molecule has 2 aromatic rings. The highest BCUT2D eigenvalue weighted by atomic mass is 16.5. The summed E-state index contributed by atoms with van der Waals surface area (Å²) in [6, 6.07) is 7.23. The van der Waals surface area contributed by atoms with E-state index in [9.17, 15) is 4.79 Å². The summed E-state index contributed by atoms with van der Waals surface area (Å²) in [7, 11) is 0. The lowest BCUT2D eigenvalue weighted by molar-refractivity contribution is 0.0303. The fraction of sp³-hybridized carbons (Fsp3) is 0.312. The number of aromatic nitrogens is 2. The van der Waals surface area contributed by atoms with Crippen LogP contribution in [0, 0.1) is 6.92 Å². The van der Waals surface area contributed by atoms with Gasteiger partial charge in [-0.3, -0.25) is 4.79 Å². The number of amides is 1. The highest BCUT2D eigenvalue weighted by Crippen LogP contribution is 2.17. The number of rotatable bonds is 3. The van der Waals surface area contributed by atoms with Gasteiger partial charge in [-0.2, -0.15) is 4.98 Å². The van der Waals surface area contributed by atoms with Crippen molar-refractivity contribution in [2.75, 3.05) is 37.4 Å². The molecule has 1 fully saturated rings. The number of hydrogen-bond acceptors (Lipinski definition) is 6. The van der Waals surface area contributed by atoms with Crippen LogP contribution in [0.1, 0.15) is 15.9 Å². The maximum atomic E-state index is 12.4. The van der Waals surface area contributed by atoms with Crippen LogP contribution in [0.25, 0.3) is 0 Å². The number of aryl methyl sites for hydroxylation is 1. The molecule has 1 aliphatic heterocycles. The van der Waals surface area contributed by atoms with Crippen LogP contribution < -0.4 is 11.1 Å². The molecule has 3 N–H and O–H groups in total. The summed E-state index contributed by atoms with van der Waals surface area (Å²) in [6.07, 6.45) is 1.67. The highest BCUT2D eigenvalue weighted by Gasteiger charge is 2.18. The van der Waals surface area contributed by atoms with E-state index >= 15 is 0 Å². The Balaban J connectivity index is 1.68. The second-order valence-electron chi connectivity index (χ2n) is 5.37. The van der Waals surface area contributed by atoms with Crippen molar-refractivity contribution in [1.82, 2.24) is 14.9 Å². The summed E-state index contributed by atoms with van der Waals surface area (Å²) >= 11 is 0.